The molecule has 0 aromatic carbocycles. The first-order valence-electron chi connectivity index (χ1n) is 7.66. The van der Waals surface area contributed by atoms with Gasteiger partial charge in [-0.2, -0.15) is 0 Å². The van der Waals surface area contributed by atoms with Crippen molar-refractivity contribution >= 4 is 11.9 Å². The van der Waals surface area contributed by atoms with Gasteiger partial charge in [-0.3, -0.25) is 14.5 Å². The third kappa shape index (κ3) is 5.90. The molecule has 1 amide bonds. The van der Waals surface area contributed by atoms with Gasteiger partial charge in [0.15, 0.2) is 0 Å². The number of esters is 1. The second-order valence-electron chi connectivity index (χ2n) is 5.71. The lowest BCUT2D eigenvalue weighted by Gasteiger charge is -2.18. The summed E-state index contributed by atoms with van der Waals surface area (Å²) in [4.78, 5) is 25.4. The highest BCUT2D eigenvalue weighted by Gasteiger charge is 2.29. The number of carbonyl (C=O) groups is 2. The molecule has 2 unspecified atom stereocenters. The topological polar surface area (TPSA) is 58.6 Å². The molecule has 0 bridgehead atoms. The van der Waals surface area contributed by atoms with Crippen LogP contribution in [0.1, 0.15) is 46.0 Å². The zero-order chi connectivity index (χ0) is 15.0. The summed E-state index contributed by atoms with van der Waals surface area (Å²) in [6.07, 6.45) is 5.39. The van der Waals surface area contributed by atoms with E-state index in [9.17, 15) is 9.59 Å². The zero-order valence-corrected chi connectivity index (χ0v) is 13.0. The van der Waals surface area contributed by atoms with Crippen molar-refractivity contribution in [2.24, 2.45) is 5.92 Å². The first-order chi connectivity index (χ1) is 9.56. The summed E-state index contributed by atoms with van der Waals surface area (Å²) >= 11 is 0. The van der Waals surface area contributed by atoms with E-state index in [1.807, 2.05) is 4.90 Å². The Morgan fingerprint density at radius 1 is 1.40 bits per heavy atom. The Morgan fingerprint density at radius 3 is 2.80 bits per heavy atom. The van der Waals surface area contributed by atoms with Crippen LogP contribution < -0.4 is 5.32 Å². The fourth-order valence-electron chi connectivity index (χ4n) is 2.63. The standard InChI is InChI=1S/C15H28N2O3/c1-4-5-6-7-12(2)16-14(18)11-17-9-8-13(10-17)15(19)20-3/h12-13H,4-11H2,1-3H3,(H,16,18). The van der Waals surface area contributed by atoms with Crippen LogP contribution in [0.15, 0.2) is 0 Å². The van der Waals surface area contributed by atoms with Crippen molar-refractivity contribution in [3.8, 4) is 0 Å². The summed E-state index contributed by atoms with van der Waals surface area (Å²) in [5.41, 5.74) is 0. The van der Waals surface area contributed by atoms with Crippen LogP contribution in [0.25, 0.3) is 0 Å². The lowest BCUT2D eigenvalue weighted by molar-refractivity contribution is -0.145. The molecule has 1 fully saturated rings. The summed E-state index contributed by atoms with van der Waals surface area (Å²) in [7, 11) is 1.41. The Hall–Kier alpha value is -1.10. The smallest absolute Gasteiger partial charge is 0.310 e. The maximum absolute atomic E-state index is 11.9. The van der Waals surface area contributed by atoms with Crippen LogP contribution in [0.3, 0.4) is 0 Å². The Labute approximate surface area is 122 Å². The molecule has 1 aliphatic rings. The highest BCUT2D eigenvalue weighted by Crippen LogP contribution is 2.16. The van der Waals surface area contributed by atoms with Crippen molar-refractivity contribution in [2.75, 3.05) is 26.7 Å². The number of hydrogen-bond acceptors (Lipinski definition) is 4. The summed E-state index contributed by atoms with van der Waals surface area (Å²) in [6, 6.07) is 0.230. The number of methoxy groups -OCH3 is 1. The minimum absolute atomic E-state index is 0.0551. The van der Waals surface area contributed by atoms with Crippen molar-refractivity contribution in [3.63, 3.8) is 0 Å². The van der Waals surface area contributed by atoms with Crippen LogP contribution >= 0.6 is 0 Å². The van der Waals surface area contributed by atoms with Crippen molar-refractivity contribution in [1.82, 2.24) is 10.2 Å². The molecule has 5 heteroatoms. The van der Waals surface area contributed by atoms with E-state index >= 15 is 0 Å². The molecule has 0 radical (unpaired) electrons. The maximum atomic E-state index is 11.9. The summed E-state index contributed by atoms with van der Waals surface area (Å²) in [6.45, 7) is 6.02. The van der Waals surface area contributed by atoms with E-state index in [0.29, 0.717) is 13.1 Å². The minimum Gasteiger partial charge on any atom is -0.469 e. The van der Waals surface area contributed by atoms with E-state index in [1.165, 1.54) is 20.0 Å². The number of ether oxygens (including phenoxy) is 1. The van der Waals surface area contributed by atoms with Gasteiger partial charge in [0.1, 0.15) is 0 Å². The van der Waals surface area contributed by atoms with Gasteiger partial charge in [0.05, 0.1) is 19.6 Å². The first-order valence-corrected chi connectivity index (χ1v) is 7.66. The van der Waals surface area contributed by atoms with Gasteiger partial charge in [0.25, 0.3) is 0 Å². The average Bonchev–Trinajstić information content (AvgIpc) is 2.86. The molecule has 1 rings (SSSR count). The maximum Gasteiger partial charge on any atom is 0.310 e. The highest BCUT2D eigenvalue weighted by molar-refractivity contribution is 5.78. The van der Waals surface area contributed by atoms with Crippen molar-refractivity contribution < 1.29 is 14.3 Å². The molecule has 0 spiro atoms. The number of hydrogen-bond donors (Lipinski definition) is 1. The minimum atomic E-state index is -0.166. The van der Waals surface area contributed by atoms with Gasteiger partial charge >= 0.3 is 5.97 Å². The van der Waals surface area contributed by atoms with Crippen molar-refractivity contribution in [1.29, 1.82) is 0 Å². The number of nitrogens with zero attached hydrogens (tertiary/aromatic N) is 1. The number of unbranched alkanes of at least 4 members (excludes halogenated alkanes) is 2. The predicted octanol–water partition coefficient (Wildman–Crippen LogP) is 1.57. The highest BCUT2D eigenvalue weighted by atomic mass is 16.5. The second-order valence-corrected chi connectivity index (χ2v) is 5.71. The fourth-order valence-corrected chi connectivity index (χ4v) is 2.63. The molecule has 116 valence electrons. The molecule has 0 saturated carbocycles. The third-order valence-electron chi connectivity index (χ3n) is 3.82. The van der Waals surface area contributed by atoms with Crippen molar-refractivity contribution in [3.05, 3.63) is 0 Å². The molecule has 5 nitrogen and oxygen atoms in total. The number of carbonyl (C=O) groups excluding carboxylic acids is 2. The fraction of sp³-hybridized carbons (Fsp3) is 0.867. The molecule has 1 aliphatic heterocycles. The number of likely N-dealkylation sites (tertiary alicyclic amines) is 1. The number of amides is 1. The SMILES string of the molecule is CCCCCC(C)NC(=O)CN1CCC(C(=O)OC)C1. The van der Waals surface area contributed by atoms with Gasteiger partial charge in [-0.1, -0.05) is 26.2 Å². The molecule has 1 N–H and O–H groups in total. The third-order valence-corrected chi connectivity index (χ3v) is 3.82. The van der Waals surface area contributed by atoms with E-state index in [0.717, 1.165) is 25.8 Å². The lowest BCUT2D eigenvalue weighted by Crippen LogP contribution is -2.40. The average molecular weight is 284 g/mol. The largest absolute Gasteiger partial charge is 0.469 e. The van der Waals surface area contributed by atoms with Crippen LogP contribution in [0, 0.1) is 5.92 Å². The molecule has 0 aromatic rings. The molecule has 1 saturated heterocycles. The lowest BCUT2D eigenvalue weighted by atomic mass is 10.1. The molecule has 1 heterocycles. The normalized spacial score (nSPS) is 20.6. The van der Waals surface area contributed by atoms with E-state index in [4.69, 9.17) is 4.74 Å². The first kappa shape index (κ1) is 17.0. The Morgan fingerprint density at radius 2 is 2.15 bits per heavy atom. The molecular formula is C15H28N2O3. The van der Waals surface area contributed by atoms with E-state index in [2.05, 4.69) is 19.2 Å². The van der Waals surface area contributed by atoms with Gasteiger partial charge in [-0.15, -0.1) is 0 Å². The monoisotopic (exact) mass is 284 g/mol. The van der Waals surface area contributed by atoms with Gasteiger partial charge in [-0.05, 0) is 26.3 Å². The van der Waals surface area contributed by atoms with Crippen molar-refractivity contribution in [2.45, 2.75) is 52.0 Å². The van der Waals surface area contributed by atoms with Gasteiger partial charge in [-0.25, -0.2) is 0 Å². The number of rotatable bonds is 8. The summed E-state index contributed by atoms with van der Waals surface area (Å²) in [5, 5.41) is 3.03. The Kier molecular flexibility index (Phi) is 7.59. The Balaban J connectivity index is 2.21. The second kappa shape index (κ2) is 8.95. The molecule has 0 aliphatic carbocycles. The molecule has 2 atom stereocenters. The van der Waals surface area contributed by atoms with Gasteiger partial charge in [0, 0.05) is 12.6 Å². The van der Waals surface area contributed by atoms with Crippen LogP contribution in [-0.2, 0) is 14.3 Å². The van der Waals surface area contributed by atoms with Gasteiger partial charge < -0.3 is 10.1 Å². The van der Waals surface area contributed by atoms with Gasteiger partial charge in [0.2, 0.25) is 5.91 Å². The van der Waals surface area contributed by atoms with E-state index in [-0.39, 0.29) is 23.8 Å². The van der Waals surface area contributed by atoms with E-state index < -0.39 is 0 Å². The molecule has 20 heavy (non-hydrogen) atoms. The molecular weight excluding hydrogens is 256 g/mol. The quantitative estimate of drug-likeness (QED) is 0.543. The number of nitrogens with one attached hydrogen (secondary N) is 1. The van der Waals surface area contributed by atoms with Crippen LogP contribution in [0.2, 0.25) is 0 Å². The van der Waals surface area contributed by atoms with Crippen LogP contribution in [0.5, 0.6) is 0 Å². The van der Waals surface area contributed by atoms with Crippen LogP contribution in [-0.4, -0.2) is 49.6 Å². The zero-order valence-electron chi connectivity index (χ0n) is 13.0. The Bertz CT molecular complexity index is 320. The molecule has 0 aromatic heterocycles. The van der Waals surface area contributed by atoms with Crippen LogP contribution in [0.4, 0.5) is 0 Å². The predicted molar refractivity (Wildman–Crippen MR) is 78.3 cm³/mol. The summed E-state index contributed by atoms with van der Waals surface area (Å²) < 4.78 is 4.74. The summed E-state index contributed by atoms with van der Waals surface area (Å²) in [5.74, 6) is -0.185. The van der Waals surface area contributed by atoms with E-state index in [1.54, 1.807) is 0 Å².